The van der Waals surface area contributed by atoms with Gasteiger partial charge in [0.2, 0.25) is 0 Å². The quantitative estimate of drug-likeness (QED) is 0.927. The second kappa shape index (κ2) is 5.63. The highest BCUT2D eigenvalue weighted by atomic mass is 16.5. The SMILES string of the molecule is CC1(Oc2ccc(-c3ccncc3)cc2)CCCNC1. The number of nitrogens with zero attached hydrogens (tertiary/aromatic N) is 1. The highest BCUT2D eigenvalue weighted by molar-refractivity contribution is 5.63. The third-order valence-electron chi connectivity index (χ3n) is 3.79. The number of hydrogen-bond acceptors (Lipinski definition) is 3. The molecule has 2 heterocycles. The molecular weight excluding hydrogens is 248 g/mol. The standard InChI is InChI=1S/C17H20N2O/c1-17(9-2-10-19-13-17)20-16-5-3-14(4-6-16)15-7-11-18-12-8-15/h3-8,11-12,19H,2,9-10,13H2,1H3. The van der Waals surface area contributed by atoms with Gasteiger partial charge in [-0.2, -0.15) is 0 Å². The second-order valence-corrected chi connectivity index (χ2v) is 5.59. The fourth-order valence-electron chi connectivity index (χ4n) is 2.66. The van der Waals surface area contributed by atoms with Gasteiger partial charge in [0.1, 0.15) is 11.4 Å². The summed E-state index contributed by atoms with van der Waals surface area (Å²) < 4.78 is 6.16. The third-order valence-corrected chi connectivity index (χ3v) is 3.79. The molecule has 0 spiro atoms. The Labute approximate surface area is 120 Å². The van der Waals surface area contributed by atoms with Gasteiger partial charge in [0, 0.05) is 18.9 Å². The van der Waals surface area contributed by atoms with E-state index in [0.29, 0.717) is 0 Å². The van der Waals surface area contributed by atoms with Crippen molar-refractivity contribution < 1.29 is 4.74 Å². The number of rotatable bonds is 3. The van der Waals surface area contributed by atoms with E-state index in [2.05, 4.69) is 41.5 Å². The summed E-state index contributed by atoms with van der Waals surface area (Å²) in [6.45, 7) is 4.19. The Morgan fingerprint density at radius 2 is 1.75 bits per heavy atom. The van der Waals surface area contributed by atoms with Crippen molar-refractivity contribution in [2.75, 3.05) is 13.1 Å². The molecule has 20 heavy (non-hydrogen) atoms. The van der Waals surface area contributed by atoms with Crippen LogP contribution in [-0.4, -0.2) is 23.7 Å². The van der Waals surface area contributed by atoms with E-state index in [1.165, 1.54) is 17.5 Å². The molecule has 1 aliphatic rings. The van der Waals surface area contributed by atoms with Gasteiger partial charge in [-0.25, -0.2) is 0 Å². The van der Waals surface area contributed by atoms with Crippen LogP contribution in [-0.2, 0) is 0 Å². The predicted molar refractivity (Wildman–Crippen MR) is 80.8 cm³/mol. The maximum atomic E-state index is 6.16. The molecule has 1 aromatic heterocycles. The molecule has 1 atom stereocenters. The average Bonchev–Trinajstić information content (AvgIpc) is 2.49. The molecule has 0 aliphatic carbocycles. The van der Waals surface area contributed by atoms with Crippen LogP contribution in [0.5, 0.6) is 5.75 Å². The molecule has 3 heteroatoms. The molecule has 3 rings (SSSR count). The van der Waals surface area contributed by atoms with Crippen molar-refractivity contribution in [3.05, 3.63) is 48.8 Å². The lowest BCUT2D eigenvalue weighted by molar-refractivity contribution is 0.0615. The molecule has 0 bridgehead atoms. The summed E-state index contributed by atoms with van der Waals surface area (Å²) >= 11 is 0. The molecule has 0 saturated carbocycles. The van der Waals surface area contributed by atoms with Crippen molar-refractivity contribution in [1.29, 1.82) is 0 Å². The highest BCUT2D eigenvalue weighted by Gasteiger charge is 2.28. The van der Waals surface area contributed by atoms with Crippen LogP contribution in [0.15, 0.2) is 48.8 Å². The molecule has 1 aliphatic heterocycles. The lowest BCUT2D eigenvalue weighted by Crippen LogP contribution is -2.47. The number of benzene rings is 1. The first-order chi connectivity index (χ1) is 9.75. The number of pyridine rings is 1. The van der Waals surface area contributed by atoms with Gasteiger partial charge in [0.15, 0.2) is 0 Å². The molecule has 1 fully saturated rings. The fourth-order valence-corrected chi connectivity index (χ4v) is 2.66. The van der Waals surface area contributed by atoms with Crippen molar-refractivity contribution in [3.8, 4) is 16.9 Å². The maximum Gasteiger partial charge on any atom is 0.120 e. The number of hydrogen-bond donors (Lipinski definition) is 1. The van der Waals surface area contributed by atoms with E-state index in [4.69, 9.17) is 4.74 Å². The van der Waals surface area contributed by atoms with Gasteiger partial charge < -0.3 is 10.1 Å². The molecule has 0 radical (unpaired) electrons. The number of piperidine rings is 1. The molecule has 1 N–H and O–H groups in total. The van der Waals surface area contributed by atoms with Gasteiger partial charge in [-0.3, -0.25) is 4.98 Å². The summed E-state index contributed by atoms with van der Waals surface area (Å²) in [5.74, 6) is 0.939. The predicted octanol–water partition coefficient (Wildman–Crippen LogP) is 3.27. The Hall–Kier alpha value is -1.87. The van der Waals surface area contributed by atoms with Gasteiger partial charge >= 0.3 is 0 Å². The van der Waals surface area contributed by atoms with E-state index in [1.807, 2.05) is 24.5 Å². The molecule has 1 aromatic carbocycles. The molecular formula is C17H20N2O. The summed E-state index contributed by atoms with van der Waals surface area (Å²) in [7, 11) is 0. The van der Waals surface area contributed by atoms with Gasteiger partial charge in [-0.1, -0.05) is 12.1 Å². The molecule has 0 amide bonds. The van der Waals surface area contributed by atoms with Gasteiger partial charge in [0.05, 0.1) is 0 Å². The first-order valence-electron chi connectivity index (χ1n) is 7.15. The van der Waals surface area contributed by atoms with Crippen LogP contribution < -0.4 is 10.1 Å². The largest absolute Gasteiger partial charge is 0.486 e. The van der Waals surface area contributed by atoms with Gasteiger partial charge in [-0.15, -0.1) is 0 Å². The van der Waals surface area contributed by atoms with Crippen LogP contribution in [0.25, 0.3) is 11.1 Å². The van der Waals surface area contributed by atoms with Crippen LogP contribution in [0.2, 0.25) is 0 Å². The zero-order valence-electron chi connectivity index (χ0n) is 11.8. The van der Waals surface area contributed by atoms with Crippen molar-refractivity contribution in [3.63, 3.8) is 0 Å². The van der Waals surface area contributed by atoms with Crippen molar-refractivity contribution in [1.82, 2.24) is 10.3 Å². The van der Waals surface area contributed by atoms with E-state index in [0.717, 1.165) is 25.3 Å². The minimum Gasteiger partial charge on any atom is -0.486 e. The Morgan fingerprint density at radius 1 is 1.05 bits per heavy atom. The minimum absolute atomic E-state index is 0.0869. The Kier molecular flexibility index (Phi) is 3.70. The highest BCUT2D eigenvalue weighted by Crippen LogP contribution is 2.27. The summed E-state index contributed by atoms with van der Waals surface area (Å²) in [5.41, 5.74) is 2.28. The van der Waals surface area contributed by atoms with E-state index in [9.17, 15) is 0 Å². The normalized spacial score (nSPS) is 22.4. The molecule has 1 saturated heterocycles. The number of nitrogens with one attached hydrogen (secondary N) is 1. The zero-order chi connectivity index (χ0) is 13.8. The second-order valence-electron chi connectivity index (χ2n) is 5.59. The molecule has 2 aromatic rings. The smallest absolute Gasteiger partial charge is 0.120 e. The van der Waals surface area contributed by atoms with Crippen LogP contribution >= 0.6 is 0 Å². The summed E-state index contributed by atoms with van der Waals surface area (Å²) in [4.78, 5) is 4.04. The molecule has 104 valence electrons. The van der Waals surface area contributed by atoms with E-state index in [-0.39, 0.29) is 5.60 Å². The summed E-state index contributed by atoms with van der Waals surface area (Å²) in [6, 6.07) is 12.3. The van der Waals surface area contributed by atoms with Crippen LogP contribution in [0, 0.1) is 0 Å². The molecule has 3 nitrogen and oxygen atoms in total. The van der Waals surface area contributed by atoms with Gasteiger partial charge in [0.25, 0.3) is 0 Å². The number of ether oxygens (including phenoxy) is 1. The lowest BCUT2D eigenvalue weighted by atomic mass is 9.96. The van der Waals surface area contributed by atoms with Crippen molar-refractivity contribution in [2.24, 2.45) is 0 Å². The average molecular weight is 268 g/mol. The van der Waals surface area contributed by atoms with Crippen molar-refractivity contribution in [2.45, 2.75) is 25.4 Å². The van der Waals surface area contributed by atoms with Crippen LogP contribution in [0.4, 0.5) is 0 Å². The van der Waals surface area contributed by atoms with Crippen LogP contribution in [0.3, 0.4) is 0 Å². The monoisotopic (exact) mass is 268 g/mol. The minimum atomic E-state index is -0.0869. The Balaban J connectivity index is 1.73. The first kappa shape index (κ1) is 13.1. The van der Waals surface area contributed by atoms with Crippen molar-refractivity contribution >= 4 is 0 Å². The lowest BCUT2D eigenvalue weighted by Gasteiger charge is -2.34. The first-order valence-corrected chi connectivity index (χ1v) is 7.15. The fraction of sp³-hybridized carbons (Fsp3) is 0.353. The van der Waals surface area contributed by atoms with Gasteiger partial charge in [-0.05, 0) is 61.7 Å². The topological polar surface area (TPSA) is 34.1 Å². The zero-order valence-corrected chi connectivity index (χ0v) is 11.8. The van der Waals surface area contributed by atoms with E-state index < -0.39 is 0 Å². The molecule has 1 unspecified atom stereocenters. The third kappa shape index (κ3) is 2.99. The Bertz CT molecular complexity index is 545. The maximum absolute atomic E-state index is 6.16. The summed E-state index contributed by atoms with van der Waals surface area (Å²) in [5, 5.41) is 3.40. The van der Waals surface area contributed by atoms with E-state index >= 15 is 0 Å². The van der Waals surface area contributed by atoms with Crippen LogP contribution in [0.1, 0.15) is 19.8 Å². The summed E-state index contributed by atoms with van der Waals surface area (Å²) in [6.07, 6.45) is 5.90. The Morgan fingerprint density at radius 3 is 2.40 bits per heavy atom. The van der Waals surface area contributed by atoms with E-state index in [1.54, 1.807) is 0 Å². The number of aromatic nitrogens is 1.